The number of hydrogen-bond donors (Lipinski definition) is 1. The summed E-state index contributed by atoms with van der Waals surface area (Å²) in [5.41, 5.74) is 7.43. The molecular formula is C12H18ClN. The summed E-state index contributed by atoms with van der Waals surface area (Å²) in [6.45, 7) is 0. The fourth-order valence-electron chi connectivity index (χ4n) is 2.26. The van der Waals surface area contributed by atoms with Crippen molar-refractivity contribution in [3.8, 4) is 0 Å². The second kappa shape index (κ2) is 5.38. The van der Waals surface area contributed by atoms with E-state index in [4.69, 9.17) is 5.73 Å². The van der Waals surface area contributed by atoms with Crippen LogP contribution < -0.4 is 5.73 Å². The zero-order chi connectivity index (χ0) is 9.10. The molecule has 14 heavy (non-hydrogen) atoms. The van der Waals surface area contributed by atoms with E-state index in [1.165, 1.54) is 31.2 Å². The predicted octanol–water partition coefficient (Wildman–Crippen LogP) is 3.09. The third-order valence-corrected chi connectivity index (χ3v) is 2.99. The average molecular weight is 212 g/mol. The first-order valence-corrected chi connectivity index (χ1v) is 5.17. The maximum atomic E-state index is 5.96. The smallest absolute Gasteiger partial charge is 0.00446 e. The Morgan fingerprint density at radius 2 is 1.79 bits per heavy atom. The second-order valence-electron chi connectivity index (χ2n) is 4.03. The quantitative estimate of drug-likeness (QED) is 0.759. The van der Waals surface area contributed by atoms with E-state index >= 15 is 0 Å². The Kier molecular flexibility index (Phi) is 4.43. The standard InChI is InChI=1S/C12H17N.ClH/c13-12-8-4-7-11(9-12)10-5-2-1-3-6-10;/h1-3,5-6,11-12H,4,7-9,13H2;1H/t11-,12-;/m1./s1. The molecule has 1 fully saturated rings. The van der Waals surface area contributed by atoms with Crippen molar-refractivity contribution in [1.82, 2.24) is 0 Å². The van der Waals surface area contributed by atoms with Crippen LogP contribution >= 0.6 is 12.4 Å². The van der Waals surface area contributed by atoms with Gasteiger partial charge in [-0.25, -0.2) is 0 Å². The van der Waals surface area contributed by atoms with Gasteiger partial charge in [-0.15, -0.1) is 12.4 Å². The first kappa shape index (κ1) is 11.5. The van der Waals surface area contributed by atoms with Gasteiger partial charge < -0.3 is 5.73 Å². The lowest BCUT2D eigenvalue weighted by Crippen LogP contribution is -2.26. The summed E-state index contributed by atoms with van der Waals surface area (Å²) in [5.74, 6) is 0.713. The molecule has 2 heteroatoms. The molecule has 0 aliphatic heterocycles. The highest BCUT2D eigenvalue weighted by Crippen LogP contribution is 2.31. The fourth-order valence-corrected chi connectivity index (χ4v) is 2.26. The van der Waals surface area contributed by atoms with Crippen LogP contribution in [0.2, 0.25) is 0 Å². The average Bonchev–Trinajstić information content (AvgIpc) is 2.19. The predicted molar refractivity (Wildman–Crippen MR) is 62.9 cm³/mol. The van der Waals surface area contributed by atoms with E-state index in [-0.39, 0.29) is 12.4 Å². The molecule has 0 heterocycles. The largest absolute Gasteiger partial charge is 0.328 e. The molecule has 1 saturated carbocycles. The number of rotatable bonds is 1. The normalized spacial score (nSPS) is 26.6. The third kappa shape index (κ3) is 2.73. The van der Waals surface area contributed by atoms with E-state index in [9.17, 15) is 0 Å². The van der Waals surface area contributed by atoms with Crippen LogP contribution in [0.1, 0.15) is 37.2 Å². The minimum atomic E-state index is 0. The van der Waals surface area contributed by atoms with Gasteiger partial charge in [-0.2, -0.15) is 0 Å². The van der Waals surface area contributed by atoms with Gasteiger partial charge in [0, 0.05) is 6.04 Å². The molecular weight excluding hydrogens is 194 g/mol. The van der Waals surface area contributed by atoms with Crippen molar-refractivity contribution in [3.05, 3.63) is 35.9 Å². The number of halogens is 1. The lowest BCUT2D eigenvalue weighted by atomic mass is 9.82. The minimum Gasteiger partial charge on any atom is -0.328 e. The van der Waals surface area contributed by atoms with Crippen LogP contribution in [0.25, 0.3) is 0 Å². The van der Waals surface area contributed by atoms with Gasteiger partial charge in [0.2, 0.25) is 0 Å². The summed E-state index contributed by atoms with van der Waals surface area (Å²) < 4.78 is 0. The summed E-state index contributed by atoms with van der Waals surface area (Å²) in [4.78, 5) is 0. The van der Waals surface area contributed by atoms with Crippen molar-refractivity contribution in [2.75, 3.05) is 0 Å². The highest BCUT2D eigenvalue weighted by molar-refractivity contribution is 5.85. The lowest BCUT2D eigenvalue weighted by molar-refractivity contribution is 0.393. The minimum absolute atomic E-state index is 0. The summed E-state index contributed by atoms with van der Waals surface area (Å²) in [7, 11) is 0. The van der Waals surface area contributed by atoms with Crippen molar-refractivity contribution in [2.24, 2.45) is 5.73 Å². The van der Waals surface area contributed by atoms with E-state index in [0.717, 1.165) is 0 Å². The highest BCUT2D eigenvalue weighted by atomic mass is 35.5. The van der Waals surface area contributed by atoms with Gasteiger partial charge in [-0.1, -0.05) is 36.8 Å². The van der Waals surface area contributed by atoms with Crippen molar-refractivity contribution in [3.63, 3.8) is 0 Å². The van der Waals surface area contributed by atoms with E-state index in [1.54, 1.807) is 0 Å². The van der Waals surface area contributed by atoms with E-state index in [2.05, 4.69) is 30.3 Å². The van der Waals surface area contributed by atoms with Crippen molar-refractivity contribution in [1.29, 1.82) is 0 Å². The van der Waals surface area contributed by atoms with Crippen LogP contribution in [0.5, 0.6) is 0 Å². The van der Waals surface area contributed by atoms with Crippen LogP contribution in [0.15, 0.2) is 30.3 Å². The molecule has 0 bridgehead atoms. The van der Waals surface area contributed by atoms with Crippen LogP contribution in [0.4, 0.5) is 0 Å². The molecule has 0 saturated heterocycles. The van der Waals surface area contributed by atoms with Gasteiger partial charge in [-0.05, 0) is 30.7 Å². The number of hydrogen-bond acceptors (Lipinski definition) is 1. The van der Waals surface area contributed by atoms with E-state index in [1.807, 2.05) is 0 Å². The first-order valence-electron chi connectivity index (χ1n) is 5.17. The Hall–Kier alpha value is -0.530. The molecule has 1 aromatic carbocycles. The lowest BCUT2D eigenvalue weighted by Gasteiger charge is -2.26. The molecule has 0 spiro atoms. The molecule has 0 radical (unpaired) electrons. The van der Waals surface area contributed by atoms with Gasteiger partial charge >= 0.3 is 0 Å². The molecule has 1 aliphatic carbocycles. The van der Waals surface area contributed by atoms with E-state index in [0.29, 0.717) is 12.0 Å². The van der Waals surface area contributed by atoms with Crippen LogP contribution in [-0.4, -0.2) is 6.04 Å². The molecule has 1 aliphatic rings. The third-order valence-electron chi connectivity index (χ3n) is 2.99. The number of benzene rings is 1. The Balaban J connectivity index is 0.000000980. The summed E-state index contributed by atoms with van der Waals surface area (Å²) in [5, 5.41) is 0. The second-order valence-corrected chi connectivity index (χ2v) is 4.03. The topological polar surface area (TPSA) is 26.0 Å². The Bertz CT molecular complexity index is 260. The van der Waals surface area contributed by atoms with Gasteiger partial charge in [-0.3, -0.25) is 0 Å². The molecule has 0 amide bonds. The molecule has 78 valence electrons. The molecule has 0 unspecified atom stereocenters. The van der Waals surface area contributed by atoms with Gasteiger partial charge in [0.25, 0.3) is 0 Å². The van der Waals surface area contributed by atoms with Gasteiger partial charge in [0.15, 0.2) is 0 Å². The van der Waals surface area contributed by atoms with Gasteiger partial charge in [0.05, 0.1) is 0 Å². The van der Waals surface area contributed by atoms with Crippen molar-refractivity contribution in [2.45, 2.75) is 37.6 Å². The Morgan fingerprint density at radius 1 is 1.07 bits per heavy atom. The molecule has 2 N–H and O–H groups in total. The molecule has 1 nitrogen and oxygen atoms in total. The molecule has 2 rings (SSSR count). The number of nitrogens with two attached hydrogens (primary N) is 1. The fraction of sp³-hybridized carbons (Fsp3) is 0.500. The van der Waals surface area contributed by atoms with Crippen molar-refractivity contribution >= 4 is 12.4 Å². The van der Waals surface area contributed by atoms with Crippen LogP contribution in [0, 0.1) is 0 Å². The summed E-state index contributed by atoms with van der Waals surface area (Å²) in [6, 6.07) is 11.2. The Labute approximate surface area is 92.1 Å². The zero-order valence-electron chi connectivity index (χ0n) is 8.36. The SMILES string of the molecule is Cl.N[C@@H]1CCC[C@@H](c2ccccc2)C1. The maximum absolute atomic E-state index is 5.96. The van der Waals surface area contributed by atoms with Crippen LogP contribution in [-0.2, 0) is 0 Å². The molecule has 2 atom stereocenters. The summed E-state index contributed by atoms with van der Waals surface area (Å²) in [6.07, 6.45) is 4.99. The maximum Gasteiger partial charge on any atom is 0.00446 e. The van der Waals surface area contributed by atoms with Gasteiger partial charge in [0.1, 0.15) is 0 Å². The van der Waals surface area contributed by atoms with Crippen molar-refractivity contribution < 1.29 is 0 Å². The monoisotopic (exact) mass is 211 g/mol. The van der Waals surface area contributed by atoms with E-state index < -0.39 is 0 Å². The summed E-state index contributed by atoms with van der Waals surface area (Å²) >= 11 is 0. The highest BCUT2D eigenvalue weighted by Gasteiger charge is 2.19. The molecule has 0 aromatic heterocycles. The van der Waals surface area contributed by atoms with Crippen LogP contribution in [0.3, 0.4) is 0 Å². The zero-order valence-corrected chi connectivity index (χ0v) is 9.17. The Morgan fingerprint density at radius 3 is 2.43 bits per heavy atom. The first-order chi connectivity index (χ1) is 6.36. The molecule has 1 aromatic rings.